The molecule has 0 amide bonds. The molecule has 2 unspecified atom stereocenters. The minimum Gasteiger partial charge on any atom is -0.393 e. The first-order valence-corrected chi connectivity index (χ1v) is 8.95. The second kappa shape index (κ2) is 9.45. The number of aliphatic imine (C=N–C) groups is 2. The maximum atomic E-state index is 9.51. The molecular weight excluding hydrogens is 328 g/mol. The highest BCUT2D eigenvalue weighted by Gasteiger charge is 2.19. The average Bonchev–Trinajstić information content (AvgIpc) is 3.05. The van der Waals surface area contributed by atoms with E-state index in [1.165, 1.54) is 18.1 Å². The molecular formula is C15H22N6O2S. The van der Waals surface area contributed by atoms with Crippen LogP contribution >= 0.6 is 11.8 Å². The number of rotatable bonds is 9. The molecule has 0 bridgehead atoms. The number of hydrogen-bond donors (Lipinski definition) is 1. The summed E-state index contributed by atoms with van der Waals surface area (Å²) in [6, 6.07) is 0. The molecule has 0 fully saturated rings. The van der Waals surface area contributed by atoms with Gasteiger partial charge in [0.15, 0.2) is 11.9 Å². The van der Waals surface area contributed by atoms with Gasteiger partial charge in [-0.05, 0) is 20.1 Å². The van der Waals surface area contributed by atoms with E-state index >= 15 is 0 Å². The van der Waals surface area contributed by atoms with Crippen LogP contribution in [0, 0.1) is 0 Å². The molecule has 0 radical (unpaired) electrons. The van der Waals surface area contributed by atoms with Crippen LogP contribution in [0.3, 0.4) is 0 Å². The molecule has 2 aromatic rings. The third kappa shape index (κ3) is 4.37. The molecule has 1 N–H and O–H groups in total. The number of imidazole rings is 1. The van der Waals surface area contributed by atoms with Gasteiger partial charge in [0.1, 0.15) is 23.0 Å². The van der Waals surface area contributed by atoms with Crippen molar-refractivity contribution in [2.75, 3.05) is 26.0 Å². The molecule has 24 heavy (non-hydrogen) atoms. The summed E-state index contributed by atoms with van der Waals surface area (Å²) in [5.41, 5.74) is 1.37. The Morgan fingerprint density at radius 3 is 2.67 bits per heavy atom. The molecule has 0 spiro atoms. The Morgan fingerprint density at radius 2 is 2.00 bits per heavy atom. The fourth-order valence-corrected chi connectivity index (χ4v) is 2.55. The number of aliphatic hydroxyl groups excluding tert-OH is 1. The zero-order valence-corrected chi connectivity index (χ0v) is 14.8. The Hall–Kier alpha value is -1.84. The van der Waals surface area contributed by atoms with Gasteiger partial charge in [-0.1, -0.05) is 0 Å². The molecule has 0 saturated heterocycles. The van der Waals surface area contributed by atoms with Crippen LogP contribution in [0.2, 0.25) is 0 Å². The van der Waals surface area contributed by atoms with Gasteiger partial charge >= 0.3 is 0 Å². The van der Waals surface area contributed by atoms with Gasteiger partial charge < -0.3 is 9.84 Å². The maximum absolute atomic E-state index is 9.51. The quantitative estimate of drug-likeness (QED) is 0.419. The Balaban J connectivity index is 2.37. The van der Waals surface area contributed by atoms with Crippen LogP contribution in [0.25, 0.3) is 11.2 Å². The number of thioether (sulfide) groups is 1. The van der Waals surface area contributed by atoms with Crippen molar-refractivity contribution in [2.24, 2.45) is 9.98 Å². The van der Waals surface area contributed by atoms with Gasteiger partial charge in [-0.25, -0.2) is 15.0 Å². The largest absolute Gasteiger partial charge is 0.393 e. The summed E-state index contributed by atoms with van der Waals surface area (Å²) < 4.78 is 7.71. The van der Waals surface area contributed by atoms with Crippen molar-refractivity contribution in [3.8, 4) is 0 Å². The van der Waals surface area contributed by atoms with Crippen molar-refractivity contribution >= 4 is 35.4 Å². The Bertz CT molecular complexity index is 702. The van der Waals surface area contributed by atoms with Crippen LogP contribution in [0.1, 0.15) is 20.1 Å². The van der Waals surface area contributed by atoms with E-state index in [1.807, 2.05) is 20.1 Å². The topological polar surface area (TPSA) is 97.8 Å². The van der Waals surface area contributed by atoms with Gasteiger partial charge in [0.05, 0.1) is 12.9 Å². The molecule has 130 valence electrons. The molecule has 2 atom stereocenters. The number of fused-ring (bicyclic) bond motifs is 1. The van der Waals surface area contributed by atoms with E-state index in [2.05, 4.69) is 24.9 Å². The lowest BCUT2D eigenvalue weighted by molar-refractivity contribution is 0.00143. The number of aliphatic hydroxyl groups is 1. The molecule has 9 heteroatoms. The summed E-state index contributed by atoms with van der Waals surface area (Å²) in [7, 11) is 0. The van der Waals surface area contributed by atoms with Gasteiger partial charge in [-0.3, -0.25) is 14.6 Å². The molecule has 8 nitrogen and oxygen atoms in total. The second-order valence-corrected chi connectivity index (χ2v) is 5.55. The molecule has 0 aliphatic carbocycles. The maximum Gasteiger partial charge on any atom is 0.173 e. The highest BCUT2D eigenvalue weighted by Crippen LogP contribution is 2.23. The van der Waals surface area contributed by atoms with Crippen molar-refractivity contribution in [2.45, 2.75) is 31.2 Å². The summed E-state index contributed by atoms with van der Waals surface area (Å²) in [4.78, 5) is 21.3. The predicted octanol–water partition coefficient (Wildman–Crippen LogP) is 1.61. The van der Waals surface area contributed by atoms with Gasteiger partial charge in [0.25, 0.3) is 0 Å². The van der Waals surface area contributed by atoms with Crippen molar-refractivity contribution < 1.29 is 9.84 Å². The van der Waals surface area contributed by atoms with Crippen molar-refractivity contribution in [1.29, 1.82) is 0 Å². The molecule has 0 aliphatic rings. The number of ether oxygens (including phenoxy) is 1. The van der Waals surface area contributed by atoms with E-state index in [0.717, 1.165) is 5.03 Å². The molecule has 0 saturated carbocycles. The first kappa shape index (κ1) is 18.5. The fourth-order valence-electron chi connectivity index (χ4n) is 2.06. The van der Waals surface area contributed by atoms with E-state index < -0.39 is 12.3 Å². The summed E-state index contributed by atoms with van der Waals surface area (Å²) in [5.74, 6) is 0. The van der Waals surface area contributed by atoms with Gasteiger partial charge in [-0.2, -0.15) is 0 Å². The molecule has 2 heterocycles. The highest BCUT2D eigenvalue weighted by molar-refractivity contribution is 7.98. The Kier molecular flexibility index (Phi) is 7.29. The van der Waals surface area contributed by atoms with Crippen LogP contribution in [0.4, 0.5) is 0 Å². The standard InChI is InChI=1S/C15H22N6O2S/c1-4-16-6-11(8-22)23-12(7-17-5-2)21-10-20-13-14(21)18-9-19-15(13)24-3/h6-7,9-12,22H,4-5,8H2,1-3H3. The van der Waals surface area contributed by atoms with Crippen LogP contribution in [0.15, 0.2) is 27.7 Å². The SMILES string of the molecule is CCN=CC(CO)OC(C=NCC)n1cnc2c(SC)ncnc21. The minimum atomic E-state index is -0.542. The van der Waals surface area contributed by atoms with Crippen LogP contribution in [-0.4, -0.2) is 69.1 Å². The highest BCUT2D eigenvalue weighted by atomic mass is 32.2. The minimum absolute atomic E-state index is 0.169. The number of nitrogens with zero attached hydrogens (tertiary/aromatic N) is 6. The summed E-state index contributed by atoms with van der Waals surface area (Å²) in [5, 5.41) is 10.3. The van der Waals surface area contributed by atoms with E-state index in [9.17, 15) is 5.11 Å². The number of hydrogen-bond acceptors (Lipinski definition) is 8. The van der Waals surface area contributed by atoms with E-state index in [4.69, 9.17) is 4.74 Å². The van der Waals surface area contributed by atoms with Crippen molar-refractivity contribution in [3.63, 3.8) is 0 Å². The molecule has 0 aliphatic heterocycles. The summed E-state index contributed by atoms with van der Waals surface area (Å²) >= 11 is 1.51. The third-order valence-corrected chi connectivity index (χ3v) is 3.84. The average molecular weight is 350 g/mol. The molecule has 2 rings (SSSR count). The Morgan fingerprint density at radius 1 is 1.25 bits per heavy atom. The van der Waals surface area contributed by atoms with Crippen molar-refractivity contribution in [3.05, 3.63) is 12.7 Å². The van der Waals surface area contributed by atoms with E-state index in [1.54, 1.807) is 23.3 Å². The normalized spacial score (nSPS) is 14.8. The Labute approximate surface area is 145 Å². The second-order valence-electron chi connectivity index (χ2n) is 4.75. The first-order chi connectivity index (χ1) is 11.7. The lowest BCUT2D eigenvalue weighted by Gasteiger charge is -2.19. The number of aromatic nitrogens is 4. The first-order valence-electron chi connectivity index (χ1n) is 7.72. The van der Waals surface area contributed by atoms with Gasteiger partial charge in [0, 0.05) is 25.5 Å². The zero-order valence-electron chi connectivity index (χ0n) is 14.0. The van der Waals surface area contributed by atoms with Gasteiger partial charge in [0.2, 0.25) is 0 Å². The summed E-state index contributed by atoms with van der Waals surface area (Å²) in [6.45, 7) is 4.95. The van der Waals surface area contributed by atoms with Crippen LogP contribution in [-0.2, 0) is 4.74 Å². The van der Waals surface area contributed by atoms with Crippen molar-refractivity contribution in [1.82, 2.24) is 19.5 Å². The smallest absolute Gasteiger partial charge is 0.173 e. The lowest BCUT2D eigenvalue weighted by Crippen LogP contribution is -2.26. The zero-order chi connectivity index (χ0) is 17.4. The lowest BCUT2D eigenvalue weighted by atomic mass is 10.4. The summed E-state index contributed by atoms with van der Waals surface area (Å²) in [6.07, 6.45) is 7.31. The van der Waals surface area contributed by atoms with E-state index in [0.29, 0.717) is 24.3 Å². The molecule has 0 aromatic carbocycles. The fraction of sp³-hybridized carbons (Fsp3) is 0.533. The molecule has 2 aromatic heterocycles. The predicted molar refractivity (Wildman–Crippen MR) is 96.2 cm³/mol. The van der Waals surface area contributed by atoms with Crippen LogP contribution < -0.4 is 0 Å². The van der Waals surface area contributed by atoms with Gasteiger partial charge in [-0.15, -0.1) is 11.8 Å². The monoisotopic (exact) mass is 350 g/mol. The van der Waals surface area contributed by atoms with E-state index in [-0.39, 0.29) is 6.61 Å². The third-order valence-electron chi connectivity index (χ3n) is 3.16. The van der Waals surface area contributed by atoms with Crippen LogP contribution in [0.5, 0.6) is 0 Å².